The molecule has 12 heteroatoms. The lowest BCUT2D eigenvalue weighted by atomic mass is 10.2. The van der Waals surface area contributed by atoms with Gasteiger partial charge in [-0.15, -0.1) is 0 Å². The number of thioether (sulfide) groups is 1. The highest BCUT2D eigenvalue weighted by molar-refractivity contribution is 8.03. The van der Waals surface area contributed by atoms with E-state index >= 15 is 0 Å². The molecule has 0 saturated carbocycles. The van der Waals surface area contributed by atoms with Gasteiger partial charge < -0.3 is 35.5 Å². The molecule has 1 heterocycles. The summed E-state index contributed by atoms with van der Waals surface area (Å²) in [7, 11) is 2.75. The summed E-state index contributed by atoms with van der Waals surface area (Å²) in [5.41, 5.74) is 0.340. The van der Waals surface area contributed by atoms with Gasteiger partial charge in [0.1, 0.15) is 29.6 Å². The lowest BCUT2D eigenvalue weighted by molar-refractivity contribution is -0.140. The highest BCUT2D eigenvalue weighted by atomic mass is 32.2. The van der Waals surface area contributed by atoms with Gasteiger partial charge in [0.25, 0.3) is 5.91 Å². The fourth-order valence-corrected chi connectivity index (χ4v) is 3.68. The summed E-state index contributed by atoms with van der Waals surface area (Å²) in [5, 5.41) is 11.9. The summed E-state index contributed by atoms with van der Waals surface area (Å²) in [6, 6.07) is 8.34. The Kier molecular flexibility index (Phi) is 8.19. The second kappa shape index (κ2) is 11.3. The van der Waals surface area contributed by atoms with Crippen LogP contribution in [0.3, 0.4) is 0 Å². The number of methoxy groups -OCH3 is 2. The van der Waals surface area contributed by atoms with Crippen LogP contribution in [0, 0.1) is 12.7 Å². The molecule has 1 aliphatic rings. The van der Waals surface area contributed by atoms with Crippen LogP contribution in [0.1, 0.15) is 5.56 Å². The minimum atomic E-state index is -0.669. The van der Waals surface area contributed by atoms with Crippen LogP contribution in [-0.2, 0) is 14.3 Å². The number of nitrogens with one attached hydrogen (secondary N) is 4. The summed E-state index contributed by atoms with van der Waals surface area (Å²) >= 11 is 1.13. The summed E-state index contributed by atoms with van der Waals surface area (Å²) in [5.74, 6) is -0.363. The van der Waals surface area contributed by atoms with Crippen molar-refractivity contribution in [2.75, 3.05) is 26.1 Å². The van der Waals surface area contributed by atoms with Crippen LogP contribution in [0.4, 0.5) is 14.9 Å². The van der Waals surface area contributed by atoms with Gasteiger partial charge >= 0.3 is 12.0 Å². The third kappa shape index (κ3) is 6.32. The first kappa shape index (κ1) is 24.7. The van der Waals surface area contributed by atoms with Crippen molar-refractivity contribution in [2.45, 2.75) is 12.4 Å². The van der Waals surface area contributed by atoms with Crippen molar-refractivity contribution >= 4 is 35.4 Å². The monoisotopic (exact) mass is 490 g/mol. The van der Waals surface area contributed by atoms with Crippen molar-refractivity contribution < 1.29 is 33.0 Å². The fraction of sp³-hybridized carbons (Fsp3) is 0.227. The van der Waals surface area contributed by atoms with Crippen LogP contribution >= 0.6 is 11.8 Å². The average Bonchev–Trinajstić information content (AvgIpc) is 3.28. The smallest absolute Gasteiger partial charge is 0.325 e. The number of rotatable bonds is 8. The Morgan fingerprint density at radius 1 is 1.12 bits per heavy atom. The molecule has 2 aromatic carbocycles. The number of carbonyl (C=O) groups is 3. The van der Waals surface area contributed by atoms with E-state index in [0.29, 0.717) is 11.5 Å². The van der Waals surface area contributed by atoms with Crippen molar-refractivity contribution in [3.8, 4) is 17.2 Å². The van der Waals surface area contributed by atoms with Crippen LogP contribution in [0.15, 0.2) is 47.5 Å². The molecule has 3 rings (SSSR count). The van der Waals surface area contributed by atoms with Crippen LogP contribution in [-0.4, -0.2) is 44.2 Å². The number of esters is 1. The molecule has 34 heavy (non-hydrogen) atoms. The molecule has 1 unspecified atom stereocenters. The molecule has 0 spiro atoms. The van der Waals surface area contributed by atoms with E-state index in [1.807, 2.05) is 6.92 Å². The second-order valence-corrected chi connectivity index (χ2v) is 7.85. The highest BCUT2D eigenvalue weighted by Gasteiger charge is 2.24. The maximum Gasteiger partial charge on any atom is 0.325 e. The number of urea groups is 1. The Morgan fingerprint density at radius 3 is 2.62 bits per heavy atom. The van der Waals surface area contributed by atoms with E-state index in [9.17, 15) is 18.8 Å². The molecule has 0 aromatic heterocycles. The number of carbonyl (C=O) groups excluding carboxylic acids is 3. The lowest BCUT2D eigenvalue weighted by Crippen LogP contribution is -2.44. The second-order valence-electron chi connectivity index (χ2n) is 6.88. The SMILES string of the molecule is COC(=O)CNC(=O)C1=CSC(NC(=O)Nc2cc(F)ccc2Oc2cccc(OC)c2C)N1. The Balaban J connectivity index is 1.61. The number of benzene rings is 2. The Labute approximate surface area is 199 Å². The van der Waals surface area contributed by atoms with E-state index < -0.39 is 29.2 Å². The first-order valence-electron chi connectivity index (χ1n) is 9.96. The Hall–Kier alpha value is -3.93. The van der Waals surface area contributed by atoms with E-state index in [-0.39, 0.29) is 23.7 Å². The molecule has 0 saturated heterocycles. The highest BCUT2D eigenvalue weighted by Crippen LogP contribution is 2.35. The summed E-state index contributed by atoms with van der Waals surface area (Å²) in [6.07, 6.45) is 0. The van der Waals surface area contributed by atoms with Gasteiger partial charge in [-0.3, -0.25) is 9.59 Å². The topological polar surface area (TPSA) is 127 Å². The summed E-state index contributed by atoms with van der Waals surface area (Å²) in [4.78, 5) is 35.7. The average molecular weight is 491 g/mol. The van der Waals surface area contributed by atoms with Crippen LogP contribution in [0.5, 0.6) is 17.2 Å². The van der Waals surface area contributed by atoms with Crippen molar-refractivity contribution in [3.05, 3.63) is 58.9 Å². The number of hydrogen-bond acceptors (Lipinski definition) is 8. The molecule has 1 atom stereocenters. The van der Waals surface area contributed by atoms with Gasteiger partial charge in [-0.25, -0.2) is 9.18 Å². The molecule has 3 amide bonds. The van der Waals surface area contributed by atoms with Crippen molar-refractivity contribution in [1.29, 1.82) is 0 Å². The molecular formula is C22H23FN4O6S. The molecule has 10 nitrogen and oxygen atoms in total. The van der Waals surface area contributed by atoms with E-state index in [2.05, 4.69) is 26.0 Å². The van der Waals surface area contributed by atoms with Crippen molar-refractivity contribution in [3.63, 3.8) is 0 Å². The quantitative estimate of drug-likeness (QED) is 0.416. The number of hydrogen-bond donors (Lipinski definition) is 4. The molecular weight excluding hydrogens is 467 g/mol. The predicted molar refractivity (Wildman–Crippen MR) is 124 cm³/mol. The predicted octanol–water partition coefficient (Wildman–Crippen LogP) is 2.81. The van der Waals surface area contributed by atoms with Crippen LogP contribution < -0.4 is 30.7 Å². The van der Waals surface area contributed by atoms with Gasteiger partial charge in [0.15, 0.2) is 11.2 Å². The molecule has 0 radical (unpaired) electrons. The first-order valence-corrected chi connectivity index (χ1v) is 10.9. The zero-order valence-electron chi connectivity index (χ0n) is 18.6. The summed E-state index contributed by atoms with van der Waals surface area (Å²) < 4.78 is 29.5. The lowest BCUT2D eigenvalue weighted by Gasteiger charge is -2.17. The minimum Gasteiger partial charge on any atom is -0.496 e. The van der Waals surface area contributed by atoms with Gasteiger partial charge in [0, 0.05) is 17.0 Å². The van der Waals surface area contributed by atoms with E-state index in [1.165, 1.54) is 24.7 Å². The molecule has 0 bridgehead atoms. The van der Waals surface area contributed by atoms with E-state index in [1.54, 1.807) is 25.3 Å². The Morgan fingerprint density at radius 2 is 1.88 bits per heavy atom. The van der Waals surface area contributed by atoms with Crippen molar-refractivity contribution in [1.82, 2.24) is 16.0 Å². The largest absolute Gasteiger partial charge is 0.496 e. The van der Waals surface area contributed by atoms with E-state index in [0.717, 1.165) is 23.4 Å². The molecule has 0 aliphatic carbocycles. The normalized spacial score (nSPS) is 14.4. The molecule has 2 aromatic rings. The standard InChI is InChI=1S/C22H23FN4O6S/c1-12-16(31-2)5-4-6-17(12)33-18-8-7-13(23)9-14(18)25-21(30)27-22-26-15(11-34-22)20(29)24-10-19(28)32-3/h4-9,11,22,26H,10H2,1-3H3,(H,24,29)(H2,25,27,30). The number of halogens is 1. The molecule has 180 valence electrons. The van der Waals surface area contributed by atoms with Gasteiger partial charge in [-0.1, -0.05) is 17.8 Å². The van der Waals surface area contributed by atoms with Crippen molar-refractivity contribution in [2.24, 2.45) is 0 Å². The molecule has 1 aliphatic heterocycles. The third-order valence-electron chi connectivity index (χ3n) is 4.60. The van der Waals surface area contributed by atoms with Gasteiger partial charge in [-0.05, 0) is 31.2 Å². The van der Waals surface area contributed by atoms with Crippen LogP contribution in [0.25, 0.3) is 0 Å². The van der Waals surface area contributed by atoms with Crippen LogP contribution in [0.2, 0.25) is 0 Å². The number of anilines is 1. The zero-order valence-corrected chi connectivity index (χ0v) is 19.4. The summed E-state index contributed by atoms with van der Waals surface area (Å²) in [6.45, 7) is 1.53. The maximum absolute atomic E-state index is 13.9. The third-order valence-corrected chi connectivity index (χ3v) is 5.48. The molecule has 4 N–H and O–H groups in total. The maximum atomic E-state index is 13.9. The van der Waals surface area contributed by atoms with Gasteiger partial charge in [0.2, 0.25) is 0 Å². The number of amides is 3. The van der Waals surface area contributed by atoms with E-state index in [4.69, 9.17) is 9.47 Å². The van der Waals surface area contributed by atoms with Gasteiger partial charge in [0.05, 0.1) is 19.9 Å². The minimum absolute atomic E-state index is 0.103. The zero-order chi connectivity index (χ0) is 24.7. The first-order chi connectivity index (χ1) is 16.3. The molecule has 0 fully saturated rings. The Bertz CT molecular complexity index is 1130. The van der Waals surface area contributed by atoms with Gasteiger partial charge in [-0.2, -0.15) is 0 Å². The fourth-order valence-electron chi connectivity index (χ4n) is 2.87. The number of ether oxygens (including phenoxy) is 3.